The molecule has 0 bridgehead atoms. The topological polar surface area (TPSA) is 49.8 Å². The van der Waals surface area contributed by atoms with Crippen LogP contribution in [0.15, 0.2) is 0 Å². The molecular weight excluding hydrogens is 194 g/mol. The van der Waals surface area contributed by atoms with E-state index >= 15 is 0 Å². The van der Waals surface area contributed by atoms with E-state index in [-0.39, 0.29) is 12.5 Å². The van der Waals surface area contributed by atoms with Crippen LogP contribution in [0.2, 0.25) is 0 Å². The minimum atomic E-state index is 0.0525. The number of hydrogen-bond acceptors (Lipinski definition) is 3. The van der Waals surface area contributed by atoms with Crippen LogP contribution in [-0.2, 0) is 9.53 Å². The lowest BCUT2D eigenvalue weighted by Gasteiger charge is -2.37. The van der Waals surface area contributed by atoms with Crippen molar-refractivity contribution in [2.24, 2.45) is 0 Å². The molecule has 0 spiro atoms. The van der Waals surface area contributed by atoms with Crippen LogP contribution in [0.3, 0.4) is 0 Å². The first kappa shape index (κ1) is 12.5. The molecular formula is C11H21NO3. The monoisotopic (exact) mass is 215 g/mol. The standard InChI is InChI=1S/C11H21NO3/c1-2-15-9-6-11(14)12(7-8-13)10-4-3-5-10/h10,13H,2-9H2,1H3. The minimum absolute atomic E-state index is 0.0525. The number of aliphatic hydroxyl groups excluding tert-OH is 1. The van der Waals surface area contributed by atoms with Crippen LogP contribution in [0, 0.1) is 0 Å². The Morgan fingerprint density at radius 2 is 2.27 bits per heavy atom. The smallest absolute Gasteiger partial charge is 0.225 e. The number of nitrogens with zero attached hydrogens (tertiary/aromatic N) is 1. The van der Waals surface area contributed by atoms with Gasteiger partial charge in [-0.25, -0.2) is 0 Å². The lowest BCUT2D eigenvalue weighted by atomic mass is 9.91. The summed E-state index contributed by atoms with van der Waals surface area (Å²) >= 11 is 0. The summed E-state index contributed by atoms with van der Waals surface area (Å²) < 4.78 is 5.15. The molecule has 1 amide bonds. The second-order valence-corrected chi connectivity index (χ2v) is 3.84. The molecule has 0 unspecified atom stereocenters. The van der Waals surface area contributed by atoms with E-state index in [0.29, 0.717) is 32.2 Å². The van der Waals surface area contributed by atoms with Crippen molar-refractivity contribution in [2.45, 2.75) is 38.6 Å². The first-order chi connectivity index (χ1) is 7.29. The average Bonchev–Trinajstić information content (AvgIpc) is 2.14. The van der Waals surface area contributed by atoms with Crippen LogP contribution in [-0.4, -0.2) is 48.3 Å². The molecule has 1 saturated carbocycles. The summed E-state index contributed by atoms with van der Waals surface area (Å²) in [6.45, 7) is 3.58. The third-order valence-electron chi connectivity index (χ3n) is 2.84. The predicted octanol–water partition coefficient (Wildman–Crippen LogP) is 0.786. The molecule has 15 heavy (non-hydrogen) atoms. The molecule has 1 rings (SSSR count). The van der Waals surface area contributed by atoms with Crippen LogP contribution in [0.25, 0.3) is 0 Å². The van der Waals surface area contributed by atoms with Gasteiger partial charge < -0.3 is 14.7 Å². The van der Waals surface area contributed by atoms with E-state index in [1.165, 1.54) is 6.42 Å². The zero-order valence-electron chi connectivity index (χ0n) is 9.45. The number of aliphatic hydroxyl groups is 1. The van der Waals surface area contributed by atoms with Crippen molar-refractivity contribution in [1.82, 2.24) is 4.90 Å². The molecule has 1 N–H and O–H groups in total. The summed E-state index contributed by atoms with van der Waals surface area (Å²) in [5.74, 6) is 0.113. The number of amides is 1. The SMILES string of the molecule is CCOCCC(=O)N(CCO)C1CCC1. The summed E-state index contributed by atoms with van der Waals surface area (Å²) in [7, 11) is 0. The number of carbonyl (C=O) groups is 1. The average molecular weight is 215 g/mol. The van der Waals surface area contributed by atoms with Crippen molar-refractivity contribution in [3.05, 3.63) is 0 Å². The lowest BCUT2D eigenvalue weighted by molar-refractivity contribution is -0.137. The fourth-order valence-electron chi connectivity index (χ4n) is 1.76. The summed E-state index contributed by atoms with van der Waals surface area (Å²) in [6, 6.07) is 0.367. The van der Waals surface area contributed by atoms with Crippen molar-refractivity contribution in [3.63, 3.8) is 0 Å². The van der Waals surface area contributed by atoms with Gasteiger partial charge in [-0.3, -0.25) is 4.79 Å². The maximum absolute atomic E-state index is 11.8. The molecule has 0 atom stereocenters. The number of carbonyl (C=O) groups excluding carboxylic acids is 1. The zero-order chi connectivity index (χ0) is 11.1. The molecule has 0 saturated heterocycles. The van der Waals surface area contributed by atoms with Gasteiger partial charge in [-0.05, 0) is 26.2 Å². The highest BCUT2D eigenvalue weighted by atomic mass is 16.5. The third kappa shape index (κ3) is 3.80. The number of rotatable bonds is 7. The molecule has 1 aliphatic rings. The highest BCUT2D eigenvalue weighted by Crippen LogP contribution is 2.24. The maximum Gasteiger partial charge on any atom is 0.225 e. The van der Waals surface area contributed by atoms with Gasteiger partial charge in [0.2, 0.25) is 5.91 Å². The molecule has 88 valence electrons. The molecule has 0 radical (unpaired) electrons. The molecule has 4 heteroatoms. The van der Waals surface area contributed by atoms with Crippen LogP contribution in [0.5, 0.6) is 0 Å². The Bertz CT molecular complexity index is 192. The first-order valence-electron chi connectivity index (χ1n) is 5.77. The van der Waals surface area contributed by atoms with Crippen LogP contribution >= 0.6 is 0 Å². The third-order valence-corrected chi connectivity index (χ3v) is 2.84. The van der Waals surface area contributed by atoms with Crippen molar-refractivity contribution in [3.8, 4) is 0 Å². The lowest BCUT2D eigenvalue weighted by Crippen LogP contribution is -2.45. The Hall–Kier alpha value is -0.610. The maximum atomic E-state index is 11.8. The summed E-state index contributed by atoms with van der Waals surface area (Å²) in [5, 5.41) is 8.90. The van der Waals surface area contributed by atoms with Crippen molar-refractivity contribution < 1.29 is 14.6 Å². The Kier molecular flexibility index (Phi) is 5.65. The van der Waals surface area contributed by atoms with Gasteiger partial charge in [0, 0.05) is 19.2 Å². The van der Waals surface area contributed by atoms with Crippen molar-refractivity contribution in [2.75, 3.05) is 26.4 Å². The van der Waals surface area contributed by atoms with Gasteiger partial charge in [0.05, 0.1) is 19.6 Å². The van der Waals surface area contributed by atoms with E-state index in [2.05, 4.69) is 0 Å². The molecule has 0 aromatic rings. The Labute approximate surface area is 91.2 Å². The summed E-state index contributed by atoms with van der Waals surface area (Å²) in [5.41, 5.74) is 0. The molecule has 0 aliphatic heterocycles. The van der Waals surface area contributed by atoms with Gasteiger partial charge in [0.15, 0.2) is 0 Å². The summed E-state index contributed by atoms with van der Waals surface area (Å²) in [6.07, 6.45) is 3.80. The van der Waals surface area contributed by atoms with Gasteiger partial charge in [-0.15, -0.1) is 0 Å². The second-order valence-electron chi connectivity index (χ2n) is 3.84. The van der Waals surface area contributed by atoms with Crippen molar-refractivity contribution in [1.29, 1.82) is 0 Å². The Morgan fingerprint density at radius 3 is 2.73 bits per heavy atom. The fourth-order valence-corrected chi connectivity index (χ4v) is 1.76. The molecule has 0 heterocycles. The largest absolute Gasteiger partial charge is 0.395 e. The quantitative estimate of drug-likeness (QED) is 0.639. The van der Waals surface area contributed by atoms with Gasteiger partial charge in [-0.1, -0.05) is 0 Å². The summed E-state index contributed by atoms with van der Waals surface area (Å²) in [4.78, 5) is 13.6. The molecule has 0 aromatic carbocycles. The fraction of sp³-hybridized carbons (Fsp3) is 0.909. The molecule has 4 nitrogen and oxygen atoms in total. The predicted molar refractivity (Wildman–Crippen MR) is 57.5 cm³/mol. The van der Waals surface area contributed by atoms with E-state index in [0.717, 1.165) is 12.8 Å². The van der Waals surface area contributed by atoms with E-state index in [4.69, 9.17) is 9.84 Å². The highest BCUT2D eigenvalue weighted by molar-refractivity contribution is 5.76. The first-order valence-corrected chi connectivity index (χ1v) is 5.77. The van der Waals surface area contributed by atoms with Crippen molar-refractivity contribution >= 4 is 5.91 Å². The van der Waals surface area contributed by atoms with E-state index in [1.807, 2.05) is 11.8 Å². The van der Waals surface area contributed by atoms with E-state index < -0.39 is 0 Å². The van der Waals surface area contributed by atoms with Gasteiger partial charge in [-0.2, -0.15) is 0 Å². The minimum Gasteiger partial charge on any atom is -0.395 e. The van der Waals surface area contributed by atoms with E-state index in [1.54, 1.807) is 0 Å². The van der Waals surface area contributed by atoms with Gasteiger partial charge in [0.25, 0.3) is 0 Å². The molecule has 0 aromatic heterocycles. The molecule has 1 fully saturated rings. The number of hydrogen-bond donors (Lipinski definition) is 1. The normalized spacial score (nSPS) is 16.1. The van der Waals surface area contributed by atoms with Crippen LogP contribution in [0.1, 0.15) is 32.6 Å². The molecule has 1 aliphatic carbocycles. The Balaban J connectivity index is 2.29. The zero-order valence-corrected chi connectivity index (χ0v) is 9.45. The van der Waals surface area contributed by atoms with Gasteiger partial charge >= 0.3 is 0 Å². The van der Waals surface area contributed by atoms with E-state index in [9.17, 15) is 4.79 Å². The van der Waals surface area contributed by atoms with Crippen LogP contribution in [0.4, 0.5) is 0 Å². The second kappa shape index (κ2) is 6.80. The highest BCUT2D eigenvalue weighted by Gasteiger charge is 2.27. The van der Waals surface area contributed by atoms with Crippen LogP contribution < -0.4 is 0 Å². The number of ether oxygens (including phenoxy) is 1. The van der Waals surface area contributed by atoms with Gasteiger partial charge in [0.1, 0.15) is 0 Å². The Morgan fingerprint density at radius 1 is 1.53 bits per heavy atom.